The van der Waals surface area contributed by atoms with Gasteiger partial charge in [0.15, 0.2) is 0 Å². The largest absolute Gasteiger partial charge is 0.338 e. The van der Waals surface area contributed by atoms with Crippen LogP contribution in [0.1, 0.15) is 35.6 Å². The van der Waals surface area contributed by atoms with Crippen molar-refractivity contribution in [3.63, 3.8) is 0 Å². The molecular formula is C22H27N2OY-. The number of rotatable bonds is 6. The van der Waals surface area contributed by atoms with Gasteiger partial charge in [-0.25, -0.2) is 0 Å². The first-order valence-corrected chi connectivity index (χ1v) is 9.13. The molecule has 1 atom stereocenters. The molecule has 26 heavy (non-hydrogen) atoms. The molecule has 1 aliphatic rings. The molecule has 1 saturated heterocycles. The molecule has 135 valence electrons. The van der Waals surface area contributed by atoms with Gasteiger partial charge >= 0.3 is 0 Å². The smallest absolute Gasteiger partial charge is 0.215 e. The first-order valence-electron chi connectivity index (χ1n) is 9.13. The van der Waals surface area contributed by atoms with Gasteiger partial charge in [-0.15, -0.1) is 5.56 Å². The molecule has 1 amide bonds. The summed E-state index contributed by atoms with van der Waals surface area (Å²) in [7, 11) is 1.94. The van der Waals surface area contributed by atoms with Crippen LogP contribution in [0.5, 0.6) is 0 Å². The third kappa shape index (κ3) is 5.74. The van der Waals surface area contributed by atoms with Crippen LogP contribution in [0.15, 0.2) is 48.5 Å². The second kappa shape index (κ2) is 10.3. The second-order valence-corrected chi connectivity index (χ2v) is 7.00. The average Bonchev–Trinajstić information content (AvgIpc) is 3.15. The van der Waals surface area contributed by atoms with Gasteiger partial charge in [-0.3, -0.25) is 4.79 Å². The molecule has 1 heterocycles. The van der Waals surface area contributed by atoms with E-state index in [1.165, 1.54) is 18.4 Å². The van der Waals surface area contributed by atoms with Crippen molar-refractivity contribution in [1.29, 1.82) is 0 Å². The van der Waals surface area contributed by atoms with Crippen molar-refractivity contribution in [2.24, 2.45) is 0 Å². The minimum Gasteiger partial charge on any atom is -0.338 e. The number of likely N-dealkylation sites (tertiary alicyclic amines) is 1. The molecule has 1 radical (unpaired) electrons. The molecule has 1 fully saturated rings. The van der Waals surface area contributed by atoms with E-state index in [9.17, 15) is 4.79 Å². The Kier molecular flexibility index (Phi) is 8.47. The van der Waals surface area contributed by atoms with Crippen molar-refractivity contribution in [1.82, 2.24) is 9.80 Å². The average molecular weight is 424 g/mol. The molecule has 2 aromatic carbocycles. The summed E-state index contributed by atoms with van der Waals surface area (Å²) in [6.07, 6.45) is 2.95. The molecule has 1 unspecified atom stereocenters. The predicted octanol–water partition coefficient (Wildman–Crippen LogP) is 3.63. The zero-order valence-corrected chi connectivity index (χ0v) is 18.7. The van der Waals surface area contributed by atoms with Gasteiger partial charge in [0.2, 0.25) is 5.91 Å². The van der Waals surface area contributed by atoms with Crippen LogP contribution in [0.25, 0.3) is 0 Å². The van der Waals surface area contributed by atoms with Crippen molar-refractivity contribution in [2.75, 3.05) is 26.7 Å². The van der Waals surface area contributed by atoms with Crippen molar-refractivity contribution < 1.29 is 37.5 Å². The molecular weight excluding hydrogens is 397 g/mol. The van der Waals surface area contributed by atoms with Crippen LogP contribution in [0, 0.1) is 13.0 Å². The summed E-state index contributed by atoms with van der Waals surface area (Å²) in [5, 5.41) is 0. The quantitative estimate of drug-likeness (QED) is 0.662. The molecule has 4 heteroatoms. The fourth-order valence-corrected chi connectivity index (χ4v) is 3.45. The fourth-order valence-electron chi connectivity index (χ4n) is 3.45. The molecule has 1 aliphatic heterocycles. The maximum absolute atomic E-state index is 12.9. The predicted molar refractivity (Wildman–Crippen MR) is 101 cm³/mol. The molecule has 2 aromatic rings. The number of hydrogen-bond acceptors (Lipinski definition) is 2. The Labute approximate surface area is 182 Å². The third-order valence-electron chi connectivity index (χ3n) is 5.06. The van der Waals surface area contributed by atoms with Crippen LogP contribution in [-0.4, -0.2) is 42.4 Å². The zero-order chi connectivity index (χ0) is 17.6. The topological polar surface area (TPSA) is 23.6 Å². The van der Waals surface area contributed by atoms with E-state index in [2.05, 4.69) is 35.2 Å². The summed E-state index contributed by atoms with van der Waals surface area (Å²) in [6.45, 7) is 5.20. The van der Waals surface area contributed by atoms with Gasteiger partial charge in [0.25, 0.3) is 0 Å². The Morgan fingerprint density at radius 3 is 2.46 bits per heavy atom. The van der Waals surface area contributed by atoms with Crippen LogP contribution >= 0.6 is 0 Å². The van der Waals surface area contributed by atoms with Gasteiger partial charge < -0.3 is 9.80 Å². The van der Waals surface area contributed by atoms with Gasteiger partial charge in [0.05, 0.1) is 6.04 Å². The van der Waals surface area contributed by atoms with E-state index in [1.807, 2.05) is 43.1 Å². The molecule has 3 rings (SSSR count). The third-order valence-corrected chi connectivity index (χ3v) is 5.06. The second-order valence-electron chi connectivity index (χ2n) is 7.00. The molecule has 0 aliphatic carbocycles. The Bertz CT molecular complexity index is 681. The van der Waals surface area contributed by atoms with E-state index >= 15 is 0 Å². The summed E-state index contributed by atoms with van der Waals surface area (Å²) < 4.78 is 0. The monoisotopic (exact) mass is 424 g/mol. The van der Waals surface area contributed by atoms with E-state index in [-0.39, 0.29) is 44.7 Å². The number of nitrogens with zero attached hydrogens (tertiary/aromatic N) is 2. The van der Waals surface area contributed by atoms with Gasteiger partial charge in [-0.2, -0.15) is 29.8 Å². The number of carbonyl (C=O) groups excluding carboxylic acids is 1. The van der Waals surface area contributed by atoms with E-state index in [1.54, 1.807) is 0 Å². The molecule has 0 spiro atoms. The van der Waals surface area contributed by atoms with Crippen LogP contribution in [-0.2, 0) is 43.9 Å². The molecule has 3 nitrogen and oxygen atoms in total. The van der Waals surface area contributed by atoms with Gasteiger partial charge in [0.1, 0.15) is 0 Å². The number of likely N-dealkylation sites (N-methyl/N-ethyl adjacent to an activating group) is 1. The van der Waals surface area contributed by atoms with Crippen LogP contribution in [0.4, 0.5) is 0 Å². The number of benzene rings is 2. The Morgan fingerprint density at radius 2 is 1.85 bits per heavy atom. The maximum Gasteiger partial charge on any atom is 0.215 e. The Hall–Kier alpha value is -1.03. The molecule has 0 saturated carbocycles. The van der Waals surface area contributed by atoms with Crippen LogP contribution < -0.4 is 0 Å². The minimum absolute atomic E-state index is 0. The summed E-state index contributed by atoms with van der Waals surface area (Å²) in [5.74, 6) is 0.158. The zero-order valence-electron chi connectivity index (χ0n) is 15.8. The van der Waals surface area contributed by atoms with Gasteiger partial charge in [-0.05, 0) is 31.5 Å². The minimum atomic E-state index is 0. The molecule has 0 bridgehead atoms. The van der Waals surface area contributed by atoms with Crippen molar-refractivity contribution in [3.05, 3.63) is 71.3 Å². The number of amides is 1. The van der Waals surface area contributed by atoms with E-state index in [4.69, 9.17) is 0 Å². The first kappa shape index (κ1) is 21.3. The standard InChI is InChI=1S/C22H27N2O.Y/c1-18-10-12-19(13-11-18)16-22(25)23(2)21(17-24-14-6-7-15-24)20-8-4-3-5-9-20;/h3-5,8-10,12-13,21H,6-7,14-17H2,1-2H3;/q-1;. The van der Waals surface area contributed by atoms with Crippen LogP contribution in [0.2, 0.25) is 0 Å². The van der Waals surface area contributed by atoms with Crippen molar-refractivity contribution in [2.45, 2.75) is 32.2 Å². The summed E-state index contributed by atoms with van der Waals surface area (Å²) in [5.41, 5.74) is 3.33. The maximum atomic E-state index is 12.9. The normalized spacial score (nSPS) is 15.3. The Morgan fingerprint density at radius 1 is 1.15 bits per heavy atom. The van der Waals surface area contributed by atoms with Gasteiger partial charge in [-0.1, -0.05) is 37.3 Å². The fraction of sp³-hybridized carbons (Fsp3) is 0.409. The number of hydrogen-bond donors (Lipinski definition) is 0. The van der Waals surface area contributed by atoms with Crippen molar-refractivity contribution >= 4 is 5.91 Å². The SMILES string of the molecule is Cc1[c-]cc(CC(=O)N(C)C(CN2CCCC2)c2ccccc2)cc1.[Y]. The van der Waals surface area contributed by atoms with Crippen molar-refractivity contribution in [3.8, 4) is 0 Å². The molecule has 0 N–H and O–H groups in total. The first-order chi connectivity index (χ1) is 12.1. The summed E-state index contributed by atoms with van der Waals surface area (Å²) in [6, 6.07) is 19.6. The van der Waals surface area contributed by atoms with Gasteiger partial charge in [0, 0.05) is 52.7 Å². The number of carbonyl (C=O) groups is 1. The van der Waals surface area contributed by atoms with Crippen LogP contribution in [0.3, 0.4) is 0 Å². The summed E-state index contributed by atoms with van der Waals surface area (Å²) >= 11 is 0. The van der Waals surface area contributed by atoms with E-state index < -0.39 is 0 Å². The number of aryl methyl sites for hydroxylation is 1. The summed E-state index contributed by atoms with van der Waals surface area (Å²) in [4.78, 5) is 17.3. The van der Waals surface area contributed by atoms with E-state index in [0.717, 1.165) is 30.8 Å². The Balaban J connectivity index is 0.00000243. The molecule has 0 aromatic heterocycles. The van der Waals surface area contributed by atoms with E-state index in [0.29, 0.717) is 6.42 Å².